The van der Waals surface area contributed by atoms with Crippen molar-refractivity contribution in [1.82, 2.24) is 0 Å². The van der Waals surface area contributed by atoms with Gasteiger partial charge in [-0.2, -0.15) is 4.39 Å². The van der Waals surface area contributed by atoms with E-state index in [2.05, 4.69) is 5.32 Å². The van der Waals surface area contributed by atoms with Crippen LogP contribution < -0.4 is 5.32 Å². The summed E-state index contributed by atoms with van der Waals surface area (Å²) >= 11 is 0. The Balaban J connectivity index is 2.10. The van der Waals surface area contributed by atoms with E-state index in [1.807, 2.05) is 0 Å². The highest BCUT2D eigenvalue weighted by Gasteiger charge is 2.23. The first kappa shape index (κ1) is 20.2. The highest BCUT2D eigenvalue weighted by Crippen LogP contribution is 2.22. The zero-order valence-corrected chi connectivity index (χ0v) is 15.1. The quantitative estimate of drug-likeness (QED) is 0.457. The molecule has 0 saturated heterocycles. The van der Waals surface area contributed by atoms with Gasteiger partial charge in [-0.25, -0.2) is 4.79 Å². The van der Waals surface area contributed by atoms with E-state index in [0.29, 0.717) is 0 Å². The van der Waals surface area contributed by atoms with Gasteiger partial charge in [-0.05, 0) is 31.2 Å². The molecule has 2 rings (SSSR count). The van der Waals surface area contributed by atoms with E-state index in [9.17, 15) is 28.3 Å². The van der Waals surface area contributed by atoms with Crippen molar-refractivity contribution in [2.45, 2.75) is 17.9 Å². The maximum absolute atomic E-state index is 13.3. The van der Waals surface area contributed by atoms with Crippen LogP contribution in [0.3, 0.4) is 0 Å². The average Bonchev–Trinajstić information content (AvgIpc) is 2.62. The van der Waals surface area contributed by atoms with Crippen molar-refractivity contribution in [3.63, 3.8) is 0 Å². The van der Waals surface area contributed by atoms with E-state index < -0.39 is 45.2 Å². The lowest BCUT2D eigenvalue weighted by Crippen LogP contribution is -2.30. The van der Waals surface area contributed by atoms with Crippen LogP contribution in [0.1, 0.15) is 17.3 Å². The molecule has 1 amide bonds. The highest BCUT2D eigenvalue weighted by molar-refractivity contribution is 7.84. The molecule has 0 aliphatic heterocycles. The Bertz CT molecular complexity index is 933. The number of esters is 1. The third-order valence-electron chi connectivity index (χ3n) is 3.48. The van der Waals surface area contributed by atoms with Gasteiger partial charge in [0.25, 0.3) is 5.91 Å². The summed E-state index contributed by atoms with van der Waals surface area (Å²) in [5.74, 6) is -2.64. The number of ether oxygens (including phenoxy) is 1. The van der Waals surface area contributed by atoms with E-state index in [0.717, 1.165) is 18.2 Å². The molecule has 27 heavy (non-hydrogen) atoms. The third-order valence-corrected chi connectivity index (χ3v) is 4.46. The minimum atomic E-state index is -1.43. The van der Waals surface area contributed by atoms with Crippen molar-refractivity contribution in [2.24, 2.45) is 0 Å². The molecule has 2 atom stereocenters. The van der Waals surface area contributed by atoms with Crippen LogP contribution in [-0.2, 0) is 20.3 Å². The lowest BCUT2D eigenvalue weighted by Gasteiger charge is -2.14. The Labute approximate surface area is 155 Å². The van der Waals surface area contributed by atoms with Crippen molar-refractivity contribution in [3.8, 4) is 0 Å². The molecular formula is C17H15FN2O6S. The number of rotatable bonds is 6. The SMILES string of the molecule is C[C@@H](OC(=O)c1ccccc1[S@](C)=O)C(=O)Nc1ccc(F)c([N+](=O)[O-])c1. The summed E-state index contributed by atoms with van der Waals surface area (Å²) in [5, 5.41) is 13.1. The number of anilines is 1. The molecule has 2 aromatic rings. The molecule has 0 spiro atoms. The molecule has 0 aliphatic rings. The van der Waals surface area contributed by atoms with Crippen LogP contribution in [0.25, 0.3) is 0 Å². The van der Waals surface area contributed by atoms with Gasteiger partial charge in [0.05, 0.1) is 26.2 Å². The molecule has 0 fully saturated rings. The molecule has 0 heterocycles. The van der Waals surface area contributed by atoms with Crippen molar-refractivity contribution in [1.29, 1.82) is 0 Å². The number of nitro groups is 1. The Morgan fingerprint density at radius 1 is 1.26 bits per heavy atom. The summed E-state index contributed by atoms with van der Waals surface area (Å²) < 4.78 is 30.1. The van der Waals surface area contributed by atoms with Gasteiger partial charge in [-0.1, -0.05) is 12.1 Å². The summed E-state index contributed by atoms with van der Waals surface area (Å²) in [4.78, 5) is 34.5. The van der Waals surface area contributed by atoms with E-state index in [4.69, 9.17) is 4.74 Å². The van der Waals surface area contributed by atoms with Crippen LogP contribution in [-0.4, -0.2) is 33.4 Å². The summed E-state index contributed by atoms with van der Waals surface area (Å²) in [6.45, 7) is 1.30. The van der Waals surface area contributed by atoms with E-state index in [1.165, 1.54) is 25.3 Å². The van der Waals surface area contributed by atoms with E-state index in [1.54, 1.807) is 12.1 Å². The fraction of sp³-hybridized carbons (Fsp3) is 0.176. The molecule has 0 aliphatic carbocycles. The molecular weight excluding hydrogens is 379 g/mol. The van der Waals surface area contributed by atoms with Gasteiger partial charge < -0.3 is 10.1 Å². The fourth-order valence-corrected chi connectivity index (χ4v) is 2.87. The number of nitrogens with zero attached hydrogens (tertiary/aromatic N) is 1. The number of carbonyl (C=O) groups is 2. The number of nitro benzene ring substituents is 1. The van der Waals surface area contributed by atoms with Crippen LogP contribution >= 0.6 is 0 Å². The Kier molecular flexibility index (Phi) is 6.35. The van der Waals surface area contributed by atoms with Gasteiger partial charge in [0.2, 0.25) is 5.82 Å². The number of benzene rings is 2. The van der Waals surface area contributed by atoms with Crippen molar-refractivity contribution in [3.05, 3.63) is 64.0 Å². The number of amides is 1. The first-order valence-electron chi connectivity index (χ1n) is 7.59. The standard InChI is InChI=1S/C17H15FN2O6S/c1-10(26-17(22)12-5-3-4-6-15(12)27(2)25)16(21)19-11-7-8-13(18)14(9-11)20(23)24/h3-10H,1-2H3,(H,19,21)/t10-,27+/m1/s1. The Morgan fingerprint density at radius 2 is 1.93 bits per heavy atom. The Morgan fingerprint density at radius 3 is 2.56 bits per heavy atom. The number of halogens is 1. The average molecular weight is 394 g/mol. The smallest absolute Gasteiger partial charge is 0.340 e. The largest absolute Gasteiger partial charge is 0.449 e. The second-order valence-corrected chi connectivity index (χ2v) is 6.76. The van der Waals surface area contributed by atoms with Crippen LogP contribution in [0.2, 0.25) is 0 Å². The maximum atomic E-state index is 13.3. The number of hydrogen-bond acceptors (Lipinski definition) is 6. The van der Waals surface area contributed by atoms with E-state index >= 15 is 0 Å². The molecule has 0 radical (unpaired) electrons. The zero-order chi connectivity index (χ0) is 20.1. The molecule has 142 valence electrons. The third kappa shape index (κ3) is 4.94. The fourth-order valence-electron chi connectivity index (χ4n) is 2.14. The molecule has 2 aromatic carbocycles. The van der Waals surface area contributed by atoms with Crippen molar-refractivity contribution >= 4 is 34.1 Å². The Hall–Kier alpha value is -3.14. The van der Waals surface area contributed by atoms with Gasteiger partial charge in [0.1, 0.15) is 0 Å². The van der Waals surface area contributed by atoms with Crippen LogP contribution in [0.5, 0.6) is 0 Å². The van der Waals surface area contributed by atoms with Crippen molar-refractivity contribution in [2.75, 3.05) is 11.6 Å². The lowest BCUT2D eigenvalue weighted by molar-refractivity contribution is -0.387. The van der Waals surface area contributed by atoms with Gasteiger partial charge in [-0.3, -0.25) is 19.1 Å². The maximum Gasteiger partial charge on any atom is 0.340 e. The summed E-state index contributed by atoms with van der Waals surface area (Å²) in [6.07, 6.45) is 0.156. The van der Waals surface area contributed by atoms with Crippen molar-refractivity contribution < 1.29 is 27.8 Å². The van der Waals surface area contributed by atoms with Gasteiger partial charge in [0, 0.05) is 18.0 Å². The molecule has 0 saturated carbocycles. The highest BCUT2D eigenvalue weighted by atomic mass is 32.2. The minimum absolute atomic E-state index is 0.0222. The van der Waals surface area contributed by atoms with Crippen LogP contribution in [0, 0.1) is 15.9 Å². The first-order valence-corrected chi connectivity index (χ1v) is 9.14. The summed E-state index contributed by atoms with van der Waals surface area (Å²) in [6, 6.07) is 8.96. The lowest BCUT2D eigenvalue weighted by atomic mass is 10.2. The number of carbonyl (C=O) groups excluding carboxylic acids is 2. The molecule has 8 nitrogen and oxygen atoms in total. The first-order chi connectivity index (χ1) is 12.7. The summed E-state index contributed by atoms with van der Waals surface area (Å²) in [5.41, 5.74) is -0.752. The van der Waals surface area contributed by atoms with Gasteiger partial charge in [-0.15, -0.1) is 0 Å². The van der Waals surface area contributed by atoms with E-state index in [-0.39, 0.29) is 16.1 Å². The van der Waals surface area contributed by atoms with Gasteiger partial charge >= 0.3 is 11.7 Å². The minimum Gasteiger partial charge on any atom is -0.449 e. The van der Waals surface area contributed by atoms with Crippen LogP contribution in [0.15, 0.2) is 47.4 Å². The molecule has 0 bridgehead atoms. The topological polar surface area (TPSA) is 116 Å². The second-order valence-electron chi connectivity index (χ2n) is 5.41. The summed E-state index contributed by atoms with van der Waals surface area (Å²) in [7, 11) is -1.43. The monoisotopic (exact) mass is 394 g/mol. The molecule has 0 aromatic heterocycles. The molecule has 1 N–H and O–H groups in total. The second kappa shape index (κ2) is 8.49. The predicted molar refractivity (Wildman–Crippen MR) is 95.3 cm³/mol. The van der Waals surface area contributed by atoms with Crippen LogP contribution in [0.4, 0.5) is 15.8 Å². The molecule has 10 heteroatoms. The zero-order valence-electron chi connectivity index (χ0n) is 14.3. The normalized spacial score (nSPS) is 12.7. The predicted octanol–water partition coefficient (Wildman–Crippen LogP) is 2.66. The molecule has 0 unspecified atom stereocenters. The van der Waals surface area contributed by atoms with Gasteiger partial charge in [0.15, 0.2) is 6.10 Å². The number of nitrogens with one attached hydrogen (secondary N) is 1. The number of hydrogen-bond donors (Lipinski definition) is 1.